The van der Waals surface area contributed by atoms with E-state index in [-0.39, 0.29) is 5.82 Å². The summed E-state index contributed by atoms with van der Waals surface area (Å²) in [6.07, 6.45) is 0. The second kappa shape index (κ2) is 3.91. The van der Waals surface area contributed by atoms with E-state index in [1.807, 2.05) is 30.3 Å². The molecule has 1 aromatic heterocycles. The van der Waals surface area contributed by atoms with E-state index < -0.39 is 0 Å². The molecular formula is C10H10N4O. The molecule has 0 unspecified atom stereocenters. The van der Waals surface area contributed by atoms with Crippen molar-refractivity contribution in [2.75, 3.05) is 12.8 Å². The van der Waals surface area contributed by atoms with Crippen molar-refractivity contribution in [1.29, 1.82) is 0 Å². The lowest BCUT2D eigenvalue weighted by molar-refractivity contribution is 0.397. The highest BCUT2D eigenvalue weighted by Gasteiger charge is 2.07. The number of nitrogen functional groups attached to an aromatic ring is 1. The van der Waals surface area contributed by atoms with Crippen molar-refractivity contribution in [1.82, 2.24) is 15.2 Å². The fourth-order valence-corrected chi connectivity index (χ4v) is 1.18. The first kappa shape index (κ1) is 9.39. The fourth-order valence-electron chi connectivity index (χ4n) is 1.18. The Labute approximate surface area is 86.9 Å². The standard InChI is InChI=1S/C10H10N4O/c1-15-10-8(11)13-14-9(12-10)7-5-3-2-4-6-7/h2-6H,1H3,(H2,11,13). The third-order valence-electron chi connectivity index (χ3n) is 1.90. The van der Waals surface area contributed by atoms with Crippen LogP contribution < -0.4 is 10.5 Å². The van der Waals surface area contributed by atoms with Gasteiger partial charge in [0, 0.05) is 5.56 Å². The van der Waals surface area contributed by atoms with E-state index in [0.29, 0.717) is 11.7 Å². The van der Waals surface area contributed by atoms with E-state index in [1.165, 1.54) is 7.11 Å². The maximum atomic E-state index is 5.52. The Hall–Kier alpha value is -2.17. The number of methoxy groups -OCH3 is 1. The number of nitrogens with zero attached hydrogens (tertiary/aromatic N) is 3. The van der Waals surface area contributed by atoms with E-state index in [4.69, 9.17) is 10.5 Å². The van der Waals surface area contributed by atoms with Crippen molar-refractivity contribution in [3.05, 3.63) is 30.3 Å². The Morgan fingerprint density at radius 1 is 1.13 bits per heavy atom. The van der Waals surface area contributed by atoms with Crippen LogP contribution >= 0.6 is 0 Å². The van der Waals surface area contributed by atoms with Gasteiger partial charge >= 0.3 is 0 Å². The van der Waals surface area contributed by atoms with Crippen LogP contribution in [0.3, 0.4) is 0 Å². The molecule has 2 rings (SSSR count). The minimum atomic E-state index is 0.192. The van der Waals surface area contributed by atoms with Crippen LogP contribution in [-0.4, -0.2) is 22.3 Å². The average molecular weight is 202 g/mol. The van der Waals surface area contributed by atoms with Crippen molar-refractivity contribution in [3.63, 3.8) is 0 Å². The lowest BCUT2D eigenvalue weighted by Gasteiger charge is -2.03. The molecule has 2 N–H and O–H groups in total. The highest BCUT2D eigenvalue weighted by molar-refractivity contribution is 5.56. The zero-order valence-electron chi connectivity index (χ0n) is 8.21. The normalized spacial score (nSPS) is 9.93. The number of hydrogen-bond donors (Lipinski definition) is 1. The molecule has 2 aromatic rings. The van der Waals surface area contributed by atoms with Crippen molar-refractivity contribution < 1.29 is 4.74 Å². The quantitative estimate of drug-likeness (QED) is 0.790. The Kier molecular flexibility index (Phi) is 2.45. The third kappa shape index (κ3) is 1.85. The van der Waals surface area contributed by atoms with E-state index in [0.717, 1.165) is 5.56 Å². The smallest absolute Gasteiger partial charge is 0.260 e. The molecule has 0 radical (unpaired) electrons. The van der Waals surface area contributed by atoms with Gasteiger partial charge in [0.25, 0.3) is 5.88 Å². The molecule has 0 aliphatic carbocycles. The summed E-state index contributed by atoms with van der Waals surface area (Å²) in [5, 5.41) is 7.66. The number of nitrogens with two attached hydrogens (primary N) is 1. The van der Waals surface area contributed by atoms with Gasteiger partial charge in [0.1, 0.15) is 0 Å². The molecule has 76 valence electrons. The van der Waals surface area contributed by atoms with Gasteiger partial charge in [-0.25, -0.2) is 0 Å². The summed E-state index contributed by atoms with van der Waals surface area (Å²) in [4.78, 5) is 4.14. The molecule has 0 bridgehead atoms. The van der Waals surface area contributed by atoms with Crippen molar-refractivity contribution >= 4 is 5.82 Å². The maximum Gasteiger partial charge on any atom is 0.260 e. The Morgan fingerprint density at radius 3 is 2.53 bits per heavy atom. The molecule has 5 heteroatoms. The number of ether oxygens (including phenoxy) is 1. The SMILES string of the molecule is COc1nc(-c2ccccc2)nnc1N. The molecule has 15 heavy (non-hydrogen) atoms. The van der Waals surface area contributed by atoms with Crippen LogP contribution in [0.1, 0.15) is 0 Å². The second-order valence-electron chi connectivity index (χ2n) is 2.90. The van der Waals surface area contributed by atoms with Crippen LogP contribution in [0.5, 0.6) is 5.88 Å². The van der Waals surface area contributed by atoms with Gasteiger partial charge in [-0.1, -0.05) is 30.3 Å². The third-order valence-corrected chi connectivity index (χ3v) is 1.90. The van der Waals surface area contributed by atoms with E-state index in [9.17, 15) is 0 Å². The molecule has 1 aromatic carbocycles. The monoisotopic (exact) mass is 202 g/mol. The first-order valence-corrected chi connectivity index (χ1v) is 4.41. The maximum absolute atomic E-state index is 5.52. The Balaban J connectivity index is 2.46. The summed E-state index contributed by atoms with van der Waals surface area (Å²) < 4.78 is 4.97. The first-order chi connectivity index (χ1) is 7.31. The lowest BCUT2D eigenvalue weighted by Crippen LogP contribution is -2.02. The molecule has 0 amide bonds. The molecule has 0 atom stereocenters. The zero-order valence-corrected chi connectivity index (χ0v) is 8.21. The van der Waals surface area contributed by atoms with E-state index in [2.05, 4.69) is 15.2 Å². The van der Waals surface area contributed by atoms with Gasteiger partial charge < -0.3 is 10.5 Å². The number of aromatic nitrogens is 3. The van der Waals surface area contributed by atoms with Gasteiger partial charge in [-0.2, -0.15) is 4.98 Å². The molecular weight excluding hydrogens is 192 g/mol. The van der Waals surface area contributed by atoms with Gasteiger partial charge in [0.2, 0.25) is 5.82 Å². The summed E-state index contributed by atoms with van der Waals surface area (Å²) in [5.41, 5.74) is 6.39. The zero-order chi connectivity index (χ0) is 10.7. The van der Waals surface area contributed by atoms with Crippen molar-refractivity contribution in [2.45, 2.75) is 0 Å². The van der Waals surface area contributed by atoms with Crippen LogP contribution in [0, 0.1) is 0 Å². The Bertz CT molecular complexity index is 458. The van der Waals surface area contributed by atoms with Gasteiger partial charge in [-0.05, 0) is 0 Å². The first-order valence-electron chi connectivity index (χ1n) is 4.41. The summed E-state index contributed by atoms with van der Waals surface area (Å²) >= 11 is 0. The minimum absolute atomic E-state index is 0.192. The highest BCUT2D eigenvalue weighted by atomic mass is 16.5. The molecule has 0 saturated heterocycles. The second-order valence-corrected chi connectivity index (χ2v) is 2.90. The molecule has 1 heterocycles. The van der Waals surface area contributed by atoms with Gasteiger partial charge in [-0.15, -0.1) is 10.2 Å². The van der Waals surface area contributed by atoms with E-state index >= 15 is 0 Å². The fraction of sp³-hybridized carbons (Fsp3) is 0.100. The number of benzene rings is 1. The largest absolute Gasteiger partial charge is 0.478 e. The highest BCUT2D eigenvalue weighted by Crippen LogP contribution is 2.19. The Morgan fingerprint density at radius 2 is 1.87 bits per heavy atom. The molecule has 5 nitrogen and oxygen atoms in total. The van der Waals surface area contributed by atoms with Gasteiger partial charge in [0.05, 0.1) is 7.11 Å². The topological polar surface area (TPSA) is 73.9 Å². The van der Waals surface area contributed by atoms with Crippen LogP contribution in [0.4, 0.5) is 5.82 Å². The summed E-state index contributed by atoms with van der Waals surface area (Å²) in [6, 6.07) is 9.52. The van der Waals surface area contributed by atoms with Crippen molar-refractivity contribution in [2.24, 2.45) is 0 Å². The van der Waals surface area contributed by atoms with E-state index in [1.54, 1.807) is 0 Å². The predicted molar refractivity (Wildman–Crippen MR) is 56.2 cm³/mol. The summed E-state index contributed by atoms with van der Waals surface area (Å²) in [5.74, 6) is 0.989. The van der Waals surface area contributed by atoms with Gasteiger partial charge in [0.15, 0.2) is 5.82 Å². The molecule has 0 aliphatic rings. The summed E-state index contributed by atoms with van der Waals surface area (Å²) in [7, 11) is 1.50. The van der Waals surface area contributed by atoms with Crippen LogP contribution in [0.25, 0.3) is 11.4 Å². The van der Waals surface area contributed by atoms with Crippen LogP contribution in [0.2, 0.25) is 0 Å². The van der Waals surface area contributed by atoms with Crippen LogP contribution in [-0.2, 0) is 0 Å². The number of rotatable bonds is 2. The predicted octanol–water partition coefficient (Wildman–Crippen LogP) is 1.13. The molecule has 0 aliphatic heterocycles. The van der Waals surface area contributed by atoms with Crippen molar-refractivity contribution in [3.8, 4) is 17.3 Å². The number of anilines is 1. The van der Waals surface area contributed by atoms with Crippen LogP contribution in [0.15, 0.2) is 30.3 Å². The molecule has 0 spiro atoms. The number of hydrogen-bond acceptors (Lipinski definition) is 5. The lowest BCUT2D eigenvalue weighted by atomic mass is 10.2. The minimum Gasteiger partial charge on any atom is -0.478 e. The average Bonchev–Trinajstić information content (AvgIpc) is 2.31. The van der Waals surface area contributed by atoms with Gasteiger partial charge in [-0.3, -0.25) is 0 Å². The molecule has 0 saturated carbocycles. The summed E-state index contributed by atoms with van der Waals surface area (Å²) in [6.45, 7) is 0. The molecule has 0 fully saturated rings.